The van der Waals surface area contributed by atoms with Gasteiger partial charge in [0.25, 0.3) is 5.56 Å². The van der Waals surface area contributed by atoms with Crippen molar-refractivity contribution < 1.29 is 64.5 Å². The third-order valence-corrected chi connectivity index (χ3v) is 8.88. The summed E-state index contributed by atoms with van der Waals surface area (Å²) >= 11 is 0. The van der Waals surface area contributed by atoms with Crippen molar-refractivity contribution in [3.63, 3.8) is 0 Å². The Hall–Kier alpha value is -3.14. The van der Waals surface area contributed by atoms with Crippen LogP contribution in [-0.2, 0) is 36.6 Å². The maximum absolute atomic E-state index is 12.3. The summed E-state index contributed by atoms with van der Waals surface area (Å²) in [4.78, 5) is 26.8. The van der Waals surface area contributed by atoms with E-state index in [4.69, 9.17) is 23.7 Å². The van der Waals surface area contributed by atoms with Crippen LogP contribution in [0.2, 0.25) is 0 Å². The van der Waals surface area contributed by atoms with Crippen LogP contribution in [0.5, 0.6) is 0 Å². The number of nitrogens with one attached hydrogen (secondary N) is 1. The maximum Gasteiger partial charge on any atom is 0.330 e. The molecule has 50 heavy (non-hydrogen) atoms. The highest BCUT2D eigenvalue weighted by Crippen LogP contribution is 2.32. The third-order valence-electron chi connectivity index (χ3n) is 8.88. The predicted molar refractivity (Wildman–Crippen MR) is 164 cm³/mol. The number of nitrogens with zero attached hydrogens (tertiary/aromatic N) is 4. The molecule has 0 radical (unpaired) electrons. The first kappa shape index (κ1) is 38.1. The number of aromatic nitrogens is 5. The zero-order valence-electron chi connectivity index (χ0n) is 27.0. The van der Waals surface area contributed by atoms with E-state index in [1.54, 1.807) is 13.1 Å². The maximum atomic E-state index is 12.3. The van der Waals surface area contributed by atoms with Crippen LogP contribution in [-0.4, -0.2) is 159 Å². The van der Waals surface area contributed by atoms with Gasteiger partial charge in [-0.1, -0.05) is 24.0 Å². The van der Waals surface area contributed by atoms with Crippen molar-refractivity contribution in [1.82, 2.24) is 24.5 Å². The molecule has 0 spiro atoms. The second kappa shape index (κ2) is 16.9. The van der Waals surface area contributed by atoms with Crippen LogP contribution in [0.25, 0.3) is 0 Å². The Morgan fingerprint density at radius 2 is 1.64 bits per heavy atom. The first-order valence-corrected chi connectivity index (χ1v) is 16.1. The van der Waals surface area contributed by atoms with Gasteiger partial charge in [-0.2, -0.15) is 0 Å². The summed E-state index contributed by atoms with van der Waals surface area (Å²) in [6, 6.07) is 0. The fourth-order valence-electron chi connectivity index (χ4n) is 5.91. The highest BCUT2D eigenvalue weighted by Gasteiger charge is 2.50. The molecular weight excluding hydrogens is 670 g/mol. The highest BCUT2D eigenvalue weighted by molar-refractivity contribution is 5.29. The Morgan fingerprint density at radius 1 is 0.920 bits per heavy atom. The summed E-state index contributed by atoms with van der Waals surface area (Å²) < 4.78 is 30.9. The summed E-state index contributed by atoms with van der Waals surface area (Å²) in [7, 11) is 0. The minimum Gasteiger partial charge on any atom is -0.394 e. The fourth-order valence-corrected chi connectivity index (χ4v) is 5.91. The van der Waals surface area contributed by atoms with Gasteiger partial charge in [0.1, 0.15) is 54.5 Å². The molecule has 3 fully saturated rings. The molecule has 0 amide bonds. The highest BCUT2D eigenvalue weighted by atomic mass is 16.7. The zero-order chi connectivity index (χ0) is 36.1. The molecule has 2 aromatic rings. The number of H-pyrrole nitrogens is 1. The molecule has 5 heterocycles. The van der Waals surface area contributed by atoms with Crippen LogP contribution in [0.4, 0.5) is 0 Å². The molecule has 0 saturated carbocycles. The van der Waals surface area contributed by atoms with Crippen LogP contribution >= 0.6 is 0 Å². The molecule has 3 saturated heterocycles. The van der Waals surface area contributed by atoms with Crippen LogP contribution in [0, 0.1) is 17.8 Å². The number of aliphatic hydroxyl groups excluding tert-OH is 8. The van der Waals surface area contributed by atoms with E-state index in [0.717, 1.165) is 4.57 Å². The molecule has 20 nitrogen and oxygen atoms in total. The Labute approximate surface area is 284 Å². The first-order chi connectivity index (χ1) is 23.9. The lowest BCUT2D eigenvalue weighted by atomic mass is 9.92. The topological polar surface area (TPSA) is 294 Å². The smallest absolute Gasteiger partial charge is 0.330 e. The van der Waals surface area contributed by atoms with Gasteiger partial charge in [-0.15, -0.1) is 5.10 Å². The van der Waals surface area contributed by atoms with Crippen molar-refractivity contribution in [3.8, 4) is 11.8 Å². The molecule has 2 aromatic heterocycles. The summed E-state index contributed by atoms with van der Waals surface area (Å²) in [5, 5.41) is 88.2. The Bertz CT molecular complexity index is 1590. The number of aromatic amines is 1. The van der Waals surface area contributed by atoms with E-state index in [1.165, 1.54) is 10.9 Å². The number of aryl methyl sites for hydroxylation is 1. The van der Waals surface area contributed by atoms with Gasteiger partial charge in [-0.3, -0.25) is 14.3 Å². The number of aliphatic hydroxyl groups is 8. The summed E-state index contributed by atoms with van der Waals surface area (Å²) in [6.45, 7) is 0.291. The van der Waals surface area contributed by atoms with Crippen LogP contribution in [0.3, 0.4) is 0 Å². The lowest BCUT2D eigenvalue weighted by Crippen LogP contribution is -2.63. The van der Waals surface area contributed by atoms with E-state index >= 15 is 0 Å². The SMILES string of the molecule is CC1C(OCCn2cc(CCC#Cc3cn([C@H]4C[C@@H](O)[C@@H](CO)O4)c(=O)[nH]c3=O)nn2)OC(CO)C(OC2OC(CO)C(O)C(O)C2O)C1O. The molecule has 13 atom stereocenters. The second-order valence-electron chi connectivity index (χ2n) is 12.3. The van der Waals surface area contributed by atoms with Crippen LogP contribution < -0.4 is 11.2 Å². The molecule has 278 valence electrons. The van der Waals surface area contributed by atoms with E-state index in [2.05, 4.69) is 27.1 Å². The Kier molecular flexibility index (Phi) is 12.9. The van der Waals surface area contributed by atoms with Crippen molar-refractivity contribution in [2.45, 2.75) is 106 Å². The van der Waals surface area contributed by atoms with Crippen molar-refractivity contribution in [2.24, 2.45) is 5.92 Å². The van der Waals surface area contributed by atoms with E-state index in [0.29, 0.717) is 18.5 Å². The lowest BCUT2D eigenvalue weighted by Gasteiger charge is -2.46. The van der Waals surface area contributed by atoms with E-state index in [-0.39, 0.29) is 25.1 Å². The third kappa shape index (κ3) is 8.48. The molecule has 0 aliphatic carbocycles. The van der Waals surface area contributed by atoms with Gasteiger partial charge in [0, 0.05) is 37.6 Å². The van der Waals surface area contributed by atoms with Crippen LogP contribution in [0.1, 0.15) is 37.3 Å². The standard InChI is InChI=1S/C30H43N5O15/c1-14-22(40)26(50-29-25(43)24(42)23(41)19(12-37)48-29)20(13-38)49-28(14)46-7-6-34-10-16(32-33-34)5-3-2-4-15-9-35(30(45)31-27(15)44)21-8-17(39)18(11-36)47-21/h9-10,14,17-26,28-29,36-43H,3,5-8,11-13H2,1H3,(H,31,44,45)/t14?,17-,18-,19?,20?,21-,22?,23?,24?,25?,26?,28?,29?/m1/s1. The number of ether oxygens (including phenoxy) is 5. The zero-order valence-corrected chi connectivity index (χ0v) is 27.0. The van der Waals surface area contributed by atoms with Crippen molar-refractivity contribution in [2.75, 3.05) is 26.4 Å². The van der Waals surface area contributed by atoms with E-state index in [9.17, 15) is 50.4 Å². The molecular formula is C30H43N5O15. The fraction of sp³-hybridized carbons (Fsp3) is 0.733. The number of hydrogen-bond donors (Lipinski definition) is 9. The Balaban J connectivity index is 1.10. The Morgan fingerprint density at radius 3 is 2.34 bits per heavy atom. The quantitative estimate of drug-likeness (QED) is 0.0928. The average Bonchev–Trinajstić information content (AvgIpc) is 3.72. The van der Waals surface area contributed by atoms with Gasteiger partial charge in [0.2, 0.25) is 0 Å². The van der Waals surface area contributed by atoms with Crippen molar-refractivity contribution in [3.05, 3.63) is 44.5 Å². The summed E-state index contributed by atoms with van der Waals surface area (Å²) in [5.41, 5.74) is -0.771. The number of rotatable bonds is 12. The second-order valence-corrected chi connectivity index (χ2v) is 12.3. The van der Waals surface area contributed by atoms with Gasteiger partial charge in [0.15, 0.2) is 12.6 Å². The van der Waals surface area contributed by atoms with Gasteiger partial charge in [-0.05, 0) is 0 Å². The molecule has 5 rings (SSSR count). The van der Waals surface area contributed by atoms with Gasteiger partial charge < -0.3 is 64.5 Å². The van der Waals surface area contributed by atoms with Gasteiger partial charge in [-0.25, -0.2) is 9.48 Å². The normalized spacial score (nSPS) is 35.9. The minimum absolute atomic E-state index is 0.0235. The lowest BCUT2D eigenvalue weighted by molar-refractivity contribution is -0.353. The number of hydrogen-bond acceptors (Lipinski definition) is 17. The first-order valence-electron chi connectivity index (χ1n) is 16.1. The molecule has 0 bridgehead atoms. The van der Waals surface area contributed by atoms with Gasteiger partial charge >= 0.3 is 5.69 Å². The minimum atomic E-state index is -1.70. The summed E-state index contributed by atoms with van der Waals surface area (Å²) in [6.07, 6.45) is -11.2. The van der Waals surface area contributed by atoms with Gasteiger partial charge in [0.05, 0.1) is 50.9 Å². The monoisotopic (exact) mass is 713 g/mol. The molecule has 10 unspecified atom stereocenters. The average molecular weight is 714 g/mol. The predicted octanol–water partition coefficient (Wildman–Crippen LogP) is -5.33. The largest absolute Gasteiger partial charge is 0.394 e. The van der Waals surface area contributed by atoms with Crippen molar-refractivity contribution in [1.29, 1.82) is 0 Å². The molecule has 9 N–H and O–H groups in total. The van der Waals surface area contributed by atoms with Crippen molar-refractivity contribution >= 4 is 0 Å². The summed E-state index contributed by atoms with van der Waals surface area (Å²) in [5.74, 6) is 4.92. The molecule has 20 heteroatoms. The van der Waals surface area contributed by atoms with E-state index in [1.807, 2.05) is 0 Å². The van der Waals surface area contributed by atoms with E-state index < -0.39 is 111 Å². The molecule has 0 aromatic carbocycles. The molecule has 3 aliphatic rings. The van der Waals surface area contributed by atoms with Crippen LogP contribution in [0.15, 0.2) is 22.0 Å². The molecule has 3 aliphatic heterocycles.